The number of allylic oxidation sites excluding steroid dienone is 1. The summed E-state index contributed by atoms with van der Waals surface area (Å²) in [6.07, 6.45) is 3.19. The van der Waals surface area contributed by atoms with Gasteiger partial charge in [0.15, 0.2) is 5.78 Å². The van der Waals surface area contributed by atoms with Crippen LogP contribution in [0.5, 0.6) is 0 Å². The summed E-state index contributed by atoms with van der Waals surface area (Å²) in [5.41, 5.74) is 1.33. The van der Waals surface area contributed by atoms with Crippen molar-refractivity contribution in [2.24, 2.45) is 0 Å². The molecule has 0 aliphatic rings. The van der Waals surface area contributed by atoms with Crippen LogP contribution >= 0.6 is 15.9 Å². The lowest BCUT2D eigenvalue weighted by molar-refractivity contribution is 0.104. The molecule has 2 rings (SSSR count). The van der Waals surface area contributed by atoms with Gasteiger partial charge in [0.25, 0.3) is 0 Å². The molecule has 0 atom stereocenters. The molecule has 120 valence electrons. The van der Waals surface area contributed by atoms with Gasteiger partial charge in [0.05, 0.1) is 4.90 Å². The van der Waals surface area contributed by atoms with Crippen LogP contribution in [0.1, 0.15) is 15.9 Å². The van der Waals surface area contributed by atoms with Crippen molar-refractivity contribution in [3.05, 3.63) is 70.2 Å². The molecule has 0 bridgehead atoms. The molecule has 0 aliphatic carbocycles. The fraction of sp³-hybridized carbons (Fsp3) is 0.118. The molecule has 0 radical (unpaired) electrons. The Kier molecular flexibility index (Phi) is 5.51. The Hall–Kier alpha value is -1.76. The number of ketones is 1. The van der Waals surface area contributed by atoms with Gasteiger partial charge in [-0.2, -0.15) is 0 Å². The van der Waals surface area contributed by atoms with Gasteiger partial charge in [0.1, 0.15) is 0 Å². The summed E-state index contributed by atoms with van der Waals surface area (Å²) in [6.45, 7) is 0. The zero-order valence-corrected chi connectivity index (χ0v) is 15.1. The molecule has 0 amide bonds. The van der Waals surface area contributed by atoms with Crippen LogP contribution in [0, 0.1) is 0 Å². The van der Waals surface area contributed by atoms with Crippen molar-refractivity contribution < 1.29 is 13.2 Å². The van der Waals surface area contributed by atoms with Crippen LogP contribution in [0.4, 0.5) is 0 Å². The number of rotatable bonds is 5. The zero-order valence-electron chi connectivity index (χ0n) is 12.7. The van der Waals surface area contributed by atoms with Crippen molar-refractivity contribution in [1.82, 2.24) is 4.31 Å². The van der Waals surface area contributed by atoms with Crippen molar-refractivity contribution in [1.29, 1.82) is 0 Å². The molecule has 0 spiro atoms. The first-order chi connectivity index (χ1) is 10.8. The van der Waals surface area contributed by atoms with Gasteiger partial charge in [-0.15, -0.1) is 0 Å². The van der Waals surface area contributed by atoms with E-state index in [2.05, 4.69) is 15.9 Å². The lowest BCUT2D eigenvalue weighted by Gasteiger charge is -2.11. The lowest BCUT2D eigenvalue weighted by atomic mass is 10.1. The molecular weight excluding hydrogens is 378 g/mol. The van der Waals surface area contributed by atoms with E-state index >= 15 is 0 Å². The second-order valence-corrected chi connectivity index (χ2v) is 8.04. The van der Waals surface area contributed by atoms with Gasteiger partial charge in [-0.25, -0.2) is 12.7 Å². The quantitative estimate of drug-likeness (QED) is 0.575. The smallest absolute Gasteiger partial charge is 0.242 e. The summed E-state index contributed by atoms with van der Waals surface area (Å²) in [5, 5.41) is 0. The number of nitrogens with zero attached hydrogens (tertiary/aromatic N) is 1. The molecule has 0 heterocycles. The zero-order chi connectivity index (χ0) is 17.0. The average Bonchev–Trinajstić information content (AvgIpc) is 2.53. The minimum Gasteiger partial charge on any atom is -0.289 e. The highest BCUT2D eigenvalue weighted by molar-refractivity contribution is 9.10. The number of hydrogen-bond donors (Lipinski definition) is 0. The highest BCUT2D eigenvalue weighted by atomic mass is 79.9. The summed E-state index contributed by atoms with van der Waals surface area (Å²) in [4.78, 5) is 12.3. The highest BCUT2D eigenvalue weighted by Gasteiger charge is 2.17. The molecule has 0 aliphatic heterocycles. The SMILES string of the molecule is CN(C)S(=O)(=O)c1ccc(C(=O)/C=C/c2ccccc2Br)cc1. The fourth-order valence-corrected chi connectivity index (χ4v) is 3.19. The monoisotopic (exact) mass is 393 g/mol. The molecular formula is C17H16BrNO3S. The molecule has 0 unspecified atom stereocenters. The lowest BCUT2D eigenvalue weighted by Crippen LogP contribution is -2.22. The minimum absolute atomic E-state index is 0.161. The second kappa shape index (κ2) is 7.21. The van der Waals surface area contributed by atoms with Gasteiger partial charge in [0.2, 0.25) is 10.0 Å². The van der Waals surface area contributed by atoms with Crippen LogP contribution in [0.3, 0.4) is 0 Å². The summed E-state index contributed by atoms with van der Waals surface area (Å²) in [5.74, 6) is -0.186. The van der Waals surface area contributed by atoms with Crippen molar-refractivity contribution >= 4 is 37.8 Å². The first kappa shape index (κ1) is 17.6. The van der Waals surface area contributed by atoms with Gasteiger partial charge < -0.3 is 0 Å². The van der Waals surface area contributed by atoms with E-state index in [0.29, 0.717) is 5.56 Å². The van der Waals surface area contributed by atoms with E-state index in [-0.39, 0.29) is 10.7 Å². The van der Waals surface area contributed by atoms with E-state index in [1.54, 1.807) is 6.08 Å². The predicted octanol–water partition coefficient (Wildman–Crippen LogP) is 3.60. The van der Waals surface area contributed by atoms with E-state index in [0.717, 1.165) is 14.3 Å². The Morgan fingerprint density at radius 1 is 1.04 bits per heavy atom. The topological polar surface area (TPSA) is 54.5 Å². The highest BCUT2D eigenvalue weighted by Crippen LogP contribution is 2.18. The predicted molar refractivity (Wildman–Crippen MR) is 94.8 cm³/mol. The number of benzene rings is 2. The van der Waals surface area contributed by atoms with E-state index in [1.807, 2.05) is 24.3 Å². The first-order valence-electron chi connectivity index (χ1n) is 6.82. The maximum absolute atomic E-state index is 12.2. The molecule has 0 saturated heterocycles. The summed E-state index contributed by atoms with van der Waals surface area (Å²) in [6, 6.07) is 13.5. The standard InChI is InChI=1S/C17H16BrNO3S/c1-19(2)23(21,22)15-10-7-14(8-11-15)17(20)12-9-13-5-3-4-6-16(13)18/h3-12H,1-2H3/b12-9+. The Morgan fingerprint density at radius 2 is 1.65 bits per heavy atom. The third-order valence-corrected chi connectivity index (χ3v) is 5.79. The summed E-state index contributed by atoms with van der Waals surface area (Å²) in [7, 11) is -0.548. The third kappa shape index (κ3) is 4.16. The fourth-order valence-electron chi connectivity index (χ4n) is 1.87. The molecule has 2 aromatic carbocycles. The second-order valence-electron chi connectivity index (χ2n) is 5.03. The van der Waals surface area contributed by atoms with Crippen LogP contribution in [-0.2, 0) is 10.0 Å². The number of carbonyl (C=O) groups excluding carboxylic acids is 1. The maximum atomic E-state index is 12.2. The van der Waals surface area contributed by atoms with E-state index in [9.17, 15) is 13.2 Å². The summed E-state index contributed by atoms with van der Waals surface area (Å²) < 4.78 is 26.0. The Morgan fingerprint density at radius 3 is 2.22 bits per heavy atom. The van der Waals surface area contributed by atoms with Crippen molar-refractivity contribution in [2.75, 3.05) is 14.1 Å². The maximum Gasteiger partial charge on any atom is 0.242 e. The molecule has 23 heavy (non-hydrogen) atoms. The van der Waals surface area contributed by atoms with E-state index < -0.39 is 10.0 Å². The van der Waals surface area contributed by atoms with E-state index in [4.69, 9.17) is 0 Å². The average molecular weight is 394 g/mol. The molecule has 0 saturated carbocycles. The van der Waals surface area contributed by atoms with Crippen LogP contribution in [0.15, 0.2) is 64.0 Å². The number of hydrogen-bond acceptors (Lipinski definition) is 3. The van der Waals surface area contributed by atoms with Crippen LogP contribution < -0.4 is 0 Å². The van der Waals surface area contributed by atoms with E-state index in [1.165, 1.54) is 44.4 Å². The van der Waals surface area contributed by atoms with Gasteiger partial charge in [-0.1, -0.05) is 34.1 Å². The third-order valence-electron chi connectivity index (χ3n) is 3.24. The van der Waals surface area contributed by atoms with Crippen LogP contribution in [0.25, 0.3) is 6.08 Å². The largest absolute Gasteiger partial charge is 0.289 e. The summed E-state index contributed by atoms with van der Waals surface area (Å²) >= 11 is 3.41. The van der Waals surface area contributed by atoms with Gasteiger partial charge in [-0.3, -0.25) is 4.79 Å². The Labute approximate surface area is 144 Å². The Balaban J connectivity index is 2.20. The number of carbonyl (C=O) groups is 1. The van der Waals surface area contributed by atoms with Gasteiger partial charge in [0, 0.05) is 24.1 Å². The van der Waals surface area contributed by atoms with Crippen LogP contribution in [0.2, 0.25) is 0 Å². The normalized spacial score (nSPS) is 12.0. The Bertz CT molecular complexity index is 840. The van der Waals surface area contributed by atoms with Gasteiger partial charge in [-0.05, 0) is 48.0 Å². The van der Waals surface area contributed by atoms with Crippen molar-refractivity contribution in [3.8, 4) is 0 Å². The first-order valence-corrected chi connectivity index (χ1v) is 9.05. The van der Waals surface area contributed by atoms with Gasteiger partial charge >= 0.3 is 0 Å². The molecule has 0 aromatic heterocycles. The minimum atomic E-state index is -3.48. The molecule has 4 nitrogen and oxygen atoms in total. The van der Waals surface area contributed by atoms with Crippen molar-refractivity contribution in [3.63, 3.8) is 0 Å². The molecule has 2 aromatic rings. The number of halogens is 1. The number of sulfonamides is 1. The molecule has 0 fully saturated rings. The van der Waals surface area contributed by atoms with Crippen molar-refractivity contribution in [2.45, 2.75) is 4.90 Å². The van der Waals surface area contributed by atoms with Crippen LogP contribution in [-0.4, -0.2) is 32.6 Å². The molecule has 0 N–H and O–H groups in total. The molecule has 6 heteroatoms.